The van der Waals surface area contributed by atoms with Gasteiger partial charge in [0.1, 0.15) is 12.4 Å². The largest absolute Gasteiger partial charge is 0.484 e. The quantitative estimate of drug-likeness (QED) is 0.852. The van der Waals surface area contributed by atoms with Gasteiger partial charge in [-0.05, 0) is 27.6 Å². The number of carbonyl (C=O) groups excluding carboxylic acids is 1. The average molecular weight is 306 g/mol. The van der Waals surface area contributed by atoms with Gasteiger partial charge in [-0.25, -0.2) is 0 Å². The molecule has 0 aliphatic carbocycles. The molecule has 0 aliphatic rings. The van der Waals surface area contributed by atoms with Gasteiger partial charge in [0.25, 0.3) is 0 Å². The first kappa shape index (κ1) is 12.8. The number of pyridine rings is 1. The number of aromatic nitrogens is 1. The fourth-order valence-electron chi connectivity index (χ4n) is 1.51. The first-order valence-corrected chi connectivity index (χ1v) is 6.32. The Hall–Kier alpha value is -1.68. The Morgan fingerprint density at radius 1 is 1.22 bits per heavy atom. The van der Waals surface area contributed by atoms with Crippen molar-refractivity contribution in [1.82, 2.24) is 4.98 Å². The summed E-state index contributed by atoms with van der Waals surface area (Å²) in [7, 11) is 0. The maximum atomic E-state index is 11.7. The summed E-state index contributed by atoms with van der Waals surface area (Å²) in [6.45, 7) is 0.0625. The number of ether oxygens (including phenoxy) is 1. The molecule has 0 aliphatic heterocycles. The van der Waals surface area contributed by atoms with E-state index in [0.717, 1.165) is 10.0 Å². The van der Waals surface area contributed by atoms with Crippen molar-refractivity contribution in [3.05, 3.63) is 58.8 Å². The highest BCUT2D eigenvalue weighted by molar-refractivity contribution is 9.10. The molecule has 0 spiro atoms. The van der Waals surface area contributed by atoms with Crippen molar-refractivity contribution in [1.29, 1.82) is 0 Å². The highest BCUT2D eigenvalue weighted by atomic mass is 79.9. The predicted octanol–water partition coefficient (Wildman–Crippen LogP) is 3.03. The maximum absolute atomic E-state index is 11.7. The molecule has 1 heterocycles. The molecule has 0 amide bonds. The summed E-state index contributed by atoms with van der Waals surface area (Å²) < 4.78 is 6.21. The fourth-order valence-corrected chi connectivity index (χ4v) is 1.85. The molecule has 2 rings (SSSR count). The first-order valence-electron chi connectivity index (χ1n) is 5.53. The summed E-state index contributed by atoms with van der Waals surface area (Å²) in [6, 6.07) is 11.4. The zero-order chi connectivity index (χ0) is 12.8. The van der Waals surface area contributed by atoms with Crippen LogP contribution in [-0.4, -0.2) is 17.4 Å². The number of Topliss-reactive ketones (excluding diaryl/α,β-unsaturated/α-hetero) is 1. The van der Waals surface area contributed by atoms with Crippen molar-refractivity contribution in [3.8, 4) is 5.75 Å². The van der Waals surface area contributed by atoms with Crippen LogP contribution in [0.4, 0.5) is 0 Å². The standard InChI is InChI=1S/C14H12BrNO2/c15-12-7-14(9-16-8-12)18-10-13(17)6-11-4-2-1-3-5-11/h1-5,7-9H,6,10H2. The number of carbonyl (C=O) groups is 1. The molecule has 0 saturated heterocycles. The lowest BCUT2D eigenvalue weighted by Gasteiger charge is -2.05. The Bertz CT molecular complexity index is 528. The van der Waals surface area contributed by atoms with Crippen LogP contribution in [0.1, 0.15) is 5.56 Å². The number of benzene rings is 1. The lowest BCUT2D eigenvalue weighted by atomic mass is 10.1. The third-order valence-corrected chi connectivity index (χ3v) is 2.76. The zero-order valence-corrected chi connectivity index (χ0v) is 11.3. The minimum absolute atomic E-state index is 0.0428. The van der Waals surface area contributed by atoms with E-state index in [2.05, 4.69) is 20.9 Å². The van der Waals surface area contributed by atoms with E-state index in [1.54, 1.807) is 18.5 Å². The van der Waals surface area contributed by atoms with Crippen LogP contribution in [-0.2, 0) is 11.2 Å². The van der Waals surface area contributed by atoms with Crippen LogP contribution in [0.3, 0.4) is 0 Å². The van der Waals surface area contributed by atoms with Crippen molar-refractivity contribution in [3.63, 3.8) is 0 Å². The van der Waals surface area contributed by atoms with Crippen LogP contribution in [0.25, 0.3) is 0 Å². The van der Waals surface area contributed by atoms with Gasteiger partial charge in [-0.2, -0.15) is 0 Å². The molecule has 2 aromatic rings. The minimum Gasteiger partial charge on any atom is -0.484 e. The number of hydrogen-bond acceptors (Lipinski definition) is 3. The average Bonchev–Trinajstić information content (AvgIpc) is 2.38. The van der Waals surface area contributed by atoms with Gasteiger partial charge in [0.15, 0.2) is 5.78 Å². The highest BCUT2D eigenvalue weighted by Crippen LogP contribution is 2.15. The van der Waals surface area contributed by atoms with Crippen LogP contribution in [0.15, 0.2) is 53.3 Å². The third kappa shape index (κ3) is 3.96. The molecule has 92 valence electrons. The summed E-state index contributed by atoms with van der Waals surface area (Å²) in [5.74, 6) is 0.631. The van der Waals surface area contributed by atoms with E-state index in [9.17, 15) is 4.79 Å². The smallest absolute Gasteiger partial charge is 0.174 e. The minimum atomic E-state index is 0.0428. The molecule has 1 aromatic carbocycles. The molecule has 0 bridgehead atoms. The van der Waals surface area contributed by atoms with E-state index in [0.29, 0.717) is 12.2 Å². The summed E-state index contributed by atoms with van der Waals surface area (Å²) in [5, 5.41) is 0. The van der Waals surface area contributed by atoms with E-state index < -0.39 is 0 Å². The Kier molecular flexibility index (Phi) is 4.47. The Morgan fingerprint density at radius 3 is 2.72 bits per heavy atom. The van der Waals surface area contributed by atoms with Crippen molar-refractivity contribution in [2.75, 3.05) is 6.61 Å². The van der Waals surface area contributed by atoms with Crippen molar-refractivity contribution in [2.24, 2.45) is 0 Å². The molecule has 4 heteroatoms. The van der Waals surface area contributed by atoms with Crippen molar-refractivity contribution < 1.29 is 9.53 Å². The second-order valence-electron chi connectivity index (χ2n) is 3.83. The summed E-state index contributed by atoms with van der Waals surface area (Å²) in [4.78, 5) is 15.7. The van der Waals surface area contributed by atoms with Crippen LogP contribution in [0.5, 0.6) is 5.75 Å². The number of rotatable bonds is 5. The van der Waals surface area contributed by atoms with Crippen LogP contribution in [0, 0.1) is 0 Å². The highest BCUT2D eigenvalue weighted by Gasteiger charge is 2.05. The van der Waals surface area contributed by atoms with Gasteiger partial charge < -0.3 is 4.74 Å². The maximum Gasteiger partial charge on any atom is 0.174 e. The molecule has 0 unspecified atom stereocenters. The van der Waals surface area contributed by atoms with E-state index in [1.165, 1.54) is 0 Å². The first-order chi connectivity index (χ1) is 8.74. The molecular formula is C14H12BrNO2. The van der Waals surface area contributed by atoms with Gasteiger partial charge in [-0.1, -0.05) is 30.3 Å². The van der Waals surface area contributed by atoms with Gasteiger partial charge in [0, 0.05) is 17.1 Å². The van der Waals surface area contributed by atoms with Crippen molar-refractivity contribution in [2.45, 2.75) is 6.42 Å². The second kappa shape index (κ2) is 6.31. The van der Waals surface area contributed by atoms with Crippen molar-refractivity contribution >= 4 is 21.7 Å². The monoisotopic (exact) mass is 305 g/mol. The molecule has 0 N–H and O–H groups in total. The number of nitrogens with zero attached hydrogens (tertiary/aromatic N) is 1. The number of halogens is 1. The molecule has 0 radical (unpaired) electrons. The molecule has 18 heavy (non-hydrogen) atoms. The van der Waals surface area contributed by atoms with Crippen LogP contribution < -0.4 is 4.74 Å². The van der Waals surface area contributed by atoms with E-state index in [-0.39, 0.29) is 12.4 Å². The third-order valence-electron chi connectivity index (χ3n) is 2.32. The number of ketones is 1. The van der Waals surface area contributed by atoms with E-state index in [4.69, 9.17) is 4.74 Å². The molecule has 0 atom stereocenters. The Labute approximate surface area is 114 Å². The summed E-state index contributed by atoms with van der Waals surface area (Å²) in [5.41, 5.74) is 0.999. The SMILES string of the molecule is O=C(COc1cncc(Br)c1)Cc1ccccc1. The Morgan fingerprint density at radius 2 is 2.00 bits per heavy atom. The lowest BCUT2D eigenvalue weighted by molar-refractivity contribution is -0.120. The molecule has 3 nitrogen and oxygen atoms in total. The van der Waals surface area contributed by atoms with Gasteiger partial charge in [-0.3, -0.25) is 9.78 Å². The van der Waals surface area contributed by atoms with Gasteiger partial charge >= 0.3 is 0 Å². The summed E-state index contributed by atoms with van der Waals surface area (Å²) >= 11 is 3.30. The summed E-state index contributed by atoms with van der Waals surface area (Å²) in [6.07, 6.45) is 3.64. The predicted molar refractivity (Wildman–Crippen MR) is 72.6 cm³/mol. The molecule has 0 saturated carbocycles. The fraction of sp³-hybridized carbons (Fsp3) is 0.143. The van der Waals surface area contributed by atoms with Crippen LogP contribution in [0.2, 0.25) is 0 Å². The molecular weight excluding hydrogens is 294 g/mol. The van der Waals surface area contributed by atoms with E-state index in [1.807, 2.05) is 30.3 Å². The normalized spacial score (nSPS) is 10.1. The second-order valence-corrected chi connectivity index (χ2v) is 4.74. The van der Waals surface area contributed by atoms with Crippen LogP contribution >= 0.6 is 15.9 Å². The zero-order valence-electron chi connectivity index (χ0n) is 9.67. The topological polar surface area (TPSA) is 39.2 Å². The lowest BCUT2D eigenvalue weighted by Crippen LogP contribution is -2.13. The van der Waals surface area contributed by atoms with Gasteiger partial charge in [0.05, 0.1) is 6.20 Å². The molecule has 0 fully saturated rings. The Balaban J connectivity index is 1.85. The van der Waals surface area contributed by atoms with Gasteiger partial charge in [-0.15, -0.1) is 0 Å². The molecule has 1 aromatic heterocycles. The number of hydrogen-bond donors (Lipinski definition) is 0. The van der Waals surface area contributed by atoms with Gasteiger partial charge in [0.2, 0.25) is 0 Å². The van der Waals surface area contributed by atoms with E-state index >= 15 is 0 Å².